The fraction of sp³-hybridized carbons (Fsp3) is 0.636. The highest BCUT2D eigenvalue weighted by molar-refractivity contribution is 6.09. The third-order valence-corrected chi connectivity index (χ3v) is 9.39. The smallest absolute Gasteiger partial charge is 0.339 e. The lowest BCUT2D eigenvalue weighted by Gasteiger charge is -2.18. The normalized spacial score (nSPS) is 12.8. The van der Waals surface area contributed by atoms with Crippen molar-refractivity contribution in [3.63, 3.8) is 0 Å². The van der Waals surface area contributed by atoms with Crippen LogP contribution in [0.25, 0.3) is 11.1 Å². The van der Waals surface area contributed by atoms with Gasteiger partial charge in [0.1, 0.15) is 0 Å². The highest BCUT2D eigenvalue weighted by Crippen LogP contribution is 2.31. The SMILES string of the molecule is CCCCCCCOC(=O)c1cc(-c2cccc(C(=O)OCC(C)CCCC)c2C(=O)OCC(C)CCCC)ccc1C(=O)OCC(C)CCCC. The van der Waals surface area contributed by atoms with Gasteiger partial charge in [-0.2, -0.15) is 0 Å². The minimum atomic E-state index is -0.648. The maximum atomic E-state index is 13.9. The second-order valence-electron chi connectivity index (χ2n) is 14.6. The number of ether oxygens (including phenoxy) is 4. The Morgan fingerprint density at radius 3 is 1.52 bits per heavy atom. The van der Waals surface area contributed by atoms with Crippen molar-refractivity contribution in [1.82, 2.24) is 0 Å². The van der Waals surface area contributed by atoms with Crippen LogP contribution in [-0.2, 0) is 18.9 Å². The lowest BCUT2D eigenvalue weighted by molar-refractivity contribution is 0.0397. The largest absolute Gasteiger partial charge is 0.462 e. The Morgan fingerprint density at radius 1 is 0.500 bits per heavy atom. The monoisotopic (exact) mass is 722 g/mol. The summed E-state index contributed by atoms with van der Waals surface area (Å²) in [6.45, 7) is 15.5. The molecule has 2 aromatic rings. The van der Waals surface area contributed by atoms with Gasteiger partial charge in [0, 0.05) is 0 Å². The van der Waals surface area contributed by atoms with Gasteiger partial charge in [0.05, 0.1) is 48.7 Å². The lowest BCUT2D eigenvalue weighted by atomic mass is 9.92. The molecule has 0 aliphatic carbocycles. The third-order valence-electron chi connectivity index (χ3n) is 9.39. The van der Waals surface area contributed by atoms with Crippen molar-refractivity contribution < 1.29 is 38.1 Å². The molecule has 0 bridgehead atoms. The van der Waals surface area contributed by atoms with Crippen molar-refractivity contribution in [2.45, 2.75) is 138 Å². The number of carbonyl (C=O) groups excluding carboxylic acids is 4. The van der Waals surface area contributed by atoms with Crippen LogP contribution in [0, 0.1) is 17.8 Å². The average Bonchev–Trinajstić information content (AvgIpc) is 3.16. The molecule has 2 aromatic carbocycles. The van der Waals surface area contributed by atoms with Gasteiger partial charge in [-0.25, -0.2) is 19.2 Å². The second-order valence-corrected chi connectivity index (χ2v) is 14.6. The Morgan fingerprint density at radius 2 is 0.981 bits per heavy atom. The van der Waals surface area contributed by atoms with Crippen LogP contribution in [0.15, 0.2) is 36.4 Å². The molecule has 8 nitrogen and oxygen atoms in total. The van der Waals surface area contributed by atoms with Crippen LogP contribution in [0.3, 0.4) is 0 Å². The first-order valence-electron chi connectivity index (χ1n) is 20.0. The number of hydrogen-bond donors (Lipinski definition) is 0. The standard InChI is InChI=1S/C44H66O8/c1-8-12-16-17-18-27-49-43(47)39-28-35(25-26-37(39)41(45)50-29-32(5)20-13-9-2)36-23-19-24-38(42(46)51-30-33(6)21-14-10-3)40(36)44(48)52-31-34(7)22-15-11-4/h19,23-26,28,32-34H,8-18,20-22,27,29-31H2,1-7H3. The summed E-state index contributed by atoms with van der Waals surface area (Å²) in [5.41, 5.74) is 1.13. The molecule has 0 aliphatic rings. The van der Waals surface area contributed by atoms with Gasteiger partial charge in [-0.15, -0.1) is 0 Å². The number of benzene rings is 2. The first-order chi connectivity index (χ1) is 25.1. The van der Waals surface area contributed by atoms with Gasteiger partial charge in [0.15, 0.2) is 0 Å². The van der Waals surface area contributed by atoms with E-state index in [4.69, 9.17) is 18.9 Å². The topological polar surface area (TPSA) is 105 Å². The van der Waals surface area contributed by atoms with E-state index in [-0.39, 0.29) is 66.4 Å². The Labute approximate surface area is 313 Å². The van der Waals surface area contributed by atoms with Crippen LogP contribution in [0.2, 0.25) is 0 Å². The summed E-state index contributed by atoms with van der Waals surface area (Å²) in [6.07, 6.45) is 14.0. The predicted molar refractivity (Wildman–Crippen MR) is 208 cm³/mol. The Kier molecular flexibility index (Phi) is 21.7. The van der Waals surface area contributed by atoms with Crippen molar-refractivity contribution in [3.8, 4) is 11.1 Å². The number of carbonyl (C=O) groups is 4. The molecule has 0 saturated carbocycles. The fourth-order valence-electron chi connectivity index (χ4n) is 5.98. The van der Waals surface area contributed by atoms with Crippen LogP contribution in [0.1, 0.15) is 180 Å². The average molecular weight is 723 g/mol. The van der Waals surface area contributed by atoms with Crippen LogP contribution in [-0.4, -0.2) is 50.3 Å². The van der Waals surface area contributed by atoms with E-state index < -0.39 is 23.9 Å². The molecule has 0 fully saturated rings. The fourth-order valence-corrected chi connectivity index (χ4v) is 5.98. The maximum absolute atomic E-state index is 13.9. The van der Waals surface area contributed by atoms with E-state index in [1.165, 1.54) is 6.07 Å². The lowest BCUT2D eigenvalue weighted by Crippen LogP contribution is -2.20. The van der Waals surface area contributed by atoms with Crippen molar-refractivity contribution in [2.24, 2.45) is 17.8 Å². The van der Waals surface area contributed by atoms with E-state index in [9.17, 15) is 19.2 Å². The summed E-state index contributed by atoms with van der Waals surface area (Å²) in [7, 11) is 0. The molecule has 0 N–H and O–H groups in total. The molecule has 52 heavy (non-hydrogen) atoms. The summed E-state index contributed by atoms with van der Waals surface area (Å²) in [5, 5.41) is 0. The molecule has 0 spiro atoms. The molecule has 0 saturated heterocycles. The minimum absolute atomic E-state index is 0.0440. The highest BCUT2D eigenvalue weighted by atomic mass is 16.5. The molecule has 0 amide bonds. The van der Waals surface area contributed by atoms with Crippen molar-refractivity contribution >= 4 is 23.9 Å². The number of esters is 4. The Balaban J connectivity index is 2.55. The zero-order chi connectivity index (χ0) is 38.3. The van der Waals surface area contributed by atoms with E-state index >= 15 is 0 Å². The highest BCUT2D eigenvalue weighted by Gasteiger charge is 2.27. The molecule has 3 atom stereocenters. The van der Waals surface area contributed by atoms with Crippen LogP contribution in [0.5, 0.6) is 0 Å². The van der Waals surface area contributed by atoms with Crippen LogP contribution < -0.4 is 0 Å². The molecule has 3 unspecified atom stereocenters. The van der Waals surface area contributed by atoms with Crippen molar-refractivity contribution in [3.05, 3.63) is 58.7 Å². The molecule has 0 aliphatic heterocycles. The van der Waals surface area contributed by atoms with E-state index in [2.05, 4.69) is 27.7 Å². The second kappa shape index (κ2) is 25.3. The van der Waals surface area contributed by atoms with E-state index in [1.54, 1.807) is 30.3 Å². The van der Waals surface area contributed by atoms with E-state index in [0.29, 0.717) is 17.5 Å². The van der Waals surface area contributed by atoms with Gasteiger partial charge in [0.2, 0.25) is 0 Å². The predicted octanol–water partition coefficient (Wildman–Crippen LogP) is 11.4. The summed E-state index contributed by atoms with van der Waals surface area (Å²) >= 11 is 0. The number of rotatable bonds is 26. The number of hydrogen-bond acceptors (Lipinski definition) is 8. The van der Waals surface area contributed by atoms with Gasteiger partial charge in [0.25, 0.3) is 0 Å². The van der Waals surface area contributed by atoms with Crippen LogP contribution >= 0.6 is 0 Å². The Bertz CT molecular complexity index is 1380. The van der Waals surface area contributed by atoms with Gasteiger partial charge in [-0.3, -0.25) is 0 Å². The van der Waals surface area contributed by atoms with Gasteiger partial charge >= 0.3 is 23.9 Å². The number of unbranched alkanes of at least 4 members (excludes halogenated alkanes) is 7. The summed E-state index contributed by atoms with van der Waals surface area (Å²) in [4.78, 5) is 54.5. The molecule has 0 heterocycles. The first kappa shape index (κ1) is 44.5. The molecule has 0 aromatic heterocycles. The van der Waals surface area contributed by atoms with Gasteiger partial charge in [-0.1, -0.05) is 131 Å². The maximum Gasteiger partial charge on any atom is 0.339 e. The molecular formula is C44H66O8. The molecular weight excluding hydrogens is 656 g/mol. The summed E-state index contributed by atoms with van der Waals surface area (Å²) in [6, 6.07) is 9.71. The summed E-state index contributed by atoms with van der Waals surface area (Å²) < 4.78 is 22.9. The van der Waals surface area contributed by atoms with E-state index in [0.717, 1.165) is 83.5 Å². The zero-order valence-electron chi connectivity index (χ0n) is 33.2. The summed E-state index contributed by atoms with van der Waals surface area (Å²) in [5.74, 6) is -2.03. The van der Waals surface area contributed by atoms with Gasteiger partial charge in [-0.05, 0) is 72.8 Å². The molecule has 2 rings (SSSR count). The van der Waals surface area contributed by atoms with Crippen LogP contribution in [0.4, 0.5) is 0 Å². The molecule has 290 valence electrons. The third kappa shape index (κ3) is 15.5. The van der Waals surface area contributed by atoms with Crippen molar-refractivity contribution in [1.29, 1.82) is 0 Å². The quantitative estimate of drug-likeness (QED) is 0.0537. The van der Waals surface area contributed by atoms with E-state index in [1.807, 2.05) is 20.8 Å². The van der Waals surface area contributed by atoms with Crippen molar-refractivity contribution in [2.75, 3.05) is 26.4 Å². The molecule has 0 radical (unpaired) electrons. The minimum Gasteiger partial charge on any atom is -0.462 e. The first-order valence-corrected chi connectivity index (χ1v) is 20.0. The van der Waals surface area contributed by atoms with Gasteiger partial charge < -0.3 is 18.9 Å². The zero-order valence-corrected chi connectivity index (χ0v) is 33.2. The molecule has 8 heteroatoms. The Hall–Kier alpha value is -3.68.